The van der Waals surface area contributed by atoms with Crippen LogP contribution in [0.5, 0.6) is 0 Å². The molecule has 0 bridgehead atoms. The van der Waals surface area contributed by atoms with Gasteiger partial charge in [0.05, 0.1) is 11.1 Å². The van der Waals surface area contributed by atoms with Crippen LogP contribution in [-0.4, -0.2) is 0 Å². The molecule has 2 nitrogen and oxygen atoms in total. The minimum atomic E-state index is 1.30. The molecule has 2 aromatic heterocycles. The van der Waals surface area contributed by atoms with Crippen molar-refractivity contribution < 1.29 is 9.13 Å². The first-order chi connectivity index (χ1) is 11.8. The lowest BCUT2D eigenvalue weighted by Crippen LogP contribution is -2.33. The van der Waals surface area contributed by atoms with Crippen LogP contribution in [0.3, 0.4) is 0 Å². The number of hydrogen-bond donors (Lipinski definition) is 0. The van der Waals surface area contributed by atoms with Gasteiger partial charge < -0.3 is 0 Å². The van der Waals surface area contributed by atoms with Gasteiger partial charge in [-0.2, -0.15) is 0 Å². The maximum atomic E-state index is 2.24. The Morgan fingerprint density at radius 1 is 0.560 bits per heavy atom. The average Bonchev–Trinajstić information content (AvgIpc) is 2.58. The van der Waals surface area contributed by atoms with Gasteiger partial charge in [-0.25, -0.2) is 9.13 Å². The van der Waals surface area contributed by atoms with E-state index in [4.69, 9.17) is 0 Å². The number of hydrogen-bond acceptors (Lipinski definition) is 0. The molecule has 0 fully saturated rings. The molecule has 0 radical (unpaired) electrons. The van der Waals surface area contributed by atoms with Crippen LogP contribution < -0.4 is 9.13 Å². The molecule has 0 aliphatic heterocycles. The second-order valence-corrected chi connectivity index (χ2v) is 7.14. The van der Waals surface area contributed by atoms with E-state index in [1.165, 1.54) is 50.3 Å². The summed E-state index contributed by atoms with van der Waals surface area (Å²) < 4.78 is 4.47. The first kappa shape index (κ1) is 17.3. The third-order valence-electron chi connectivity index (χ3n) is 5.54. The second-order valence-electron chi connectivity index (χ2n) is 7.14. The van der Waals surface area contributed by atoms with Crippen molar-refractivity contribution in [2.45, 2.75) is 34.6 Å². The highest BCUT2D eigenvalue weighted by atomic mass is 14.9. The topological polar surface area (TPSA) is 7.76 Å². The van der Waals surface area contributed by atoms with Crippen molar-refractivity contribution >= 4 is 0 Å². The predicted octanol–water partition coefficient (Wildman–Crippen LogP) is 4.21. The summed E-state index contributed by atoms with van der Waals surface area (Å²) >= 11 is 0. The van der Waals surface area contributed by atoms with Gasteiger partial charge in [0.2, 0.25) is 11.4 Å². The Morgan fingerprint density at radius 3 is 1.36 bits per heavy atom. The molecular formula is C23H28N2+2. The van der Waals surface area contributed by atoms with Crippen LogP contribution in [-0.2, 0) is 14.1 Å². The average molecular weight is 332 g/mol. The standard InChI is InChI=1S/C23H28N2/c1-15-11-13-24(6)22(17(15)3)20-9-8-10-21(19(20)5)23-18(4)16(2)12-14-25(23)7/h8-14H,1-7H3/q+2. The van der Waals surface area contributed by atoms with Crippen LogP contribution in [0, 0.1) is 34.6 Å². The SMILES string of the molecule is Cc1cc[n+](C)c(-c2cccc(-c3c(C)c(C)cc[n+]3C)c2C)c1C. The third-order valence-corrected chi connectivity index (χ3v) is 5.54. The van der Waals surface area contributed by atoms with Crippen molar-refractivity contribution in [3.63, 3.8) is 0 Å². The molecular weight excluding hydrogens is 304 g/mol. The van der Waals surface area contributed by atoms with Crippen molar-refractivity contribution in [2.75, 3.05) is 0 Å². The van der Waals surface area contributed by atoms with Gasteiger partial charge in [-0.1, -0.05) is 6.07 Å². The van der Waals surface area contributed by atoms with Crippen LogP contribution in [0.25, 0.3) is 22.5 Å². The van der Waals surface area contributed by atoms with Crippen LogP contribution in [0.1, 0.15) is 27.8 Å². The van der Waals surface area contributed by atoms with Gasteiger partial charge in [0.25, 0.3) is 0 Å². The lowest BCUT2D eigenvalue weighted by molar-refractivity contribution is -0.661. The highest BCUT2D eigenvalue weighted by Gasteiger charge is 2.23. The van der Waals surface area contributed by atoms with Crippen LogP contribution in [0.2, 0.25) is 0 Å². The molecule has 2 heterocycles. The van der Waals surface area contributed by atoms with Gasteiger partial charge in [-0.3, -0.25) is 0 Å². The highest BCUT2D eigenvalue weighted by molar-refractivity contribution is 5.76. The molecule has 0 saturated carbocycles. The number of benzene rings is 1. The molecule has 3 rings (SSSR count). The van der Waals surface area contributed by atoms with E-state index in [9.17, 15) is 0 Å². The third kappa shape index (κ3) is 2.86. The van der Waals surface area contributed by atoms with Crippen LogP contribution in [0.15, 0.2) is 42.7 Å². The molecule has 0 aliphatic rings. The monoisotopic (exact) mass is 332 g/mol. The fourth-order valence-corrected chi connectivity index (χ4v) is 3.68. The van der Waals surface area contributed by atoms with Crippen molar-refractivity contribution in [3.05, 3.63) is 70.5 Å². The fraction of sp³-hybridized carbons (Fsp3) is 0.304. The van der Waals surface area contributed by atoms with E-state index in [1.807, 2.05) is 0 Å². The molecule has 0 unspecified atom stereocenters. The van der Waals surface area contributed by atoms with E-state index in [2.05, 4.69) is 101 Å². The fourth-order valence-electron chi connectivity index (χ4n) is 3.68. The molecule has 128 valence electrons. The Hall–Kier alpha value is -2.48. The first-order valence-corrected chi connectivity index (χ1v) is 8.85. The minimum absolute atomic E-state index is 1.30. The Kier molecular flexibility index (Phi) is 4.47. The summed E-state index contributed by atoms with van der Waals surface area (Å²) in [5, 5.41) is 0. The Morgan fingerprint density at radius 2 is 0.960 bits per heavy atom. The van der Waals surface area contributed by atoms with E-state index in [-0.39, 0.29) is 0 Å². The normalized spacial score (nSPS) is 11.0. The van der Waals surface area contributed by atoms with E-state index in [0.29, 0.717) is 0 Å². The van der Waals surface area contributed by atoms with Gasteiger partial charge in [-0.15, -0.1) is 0 Å². The Bertz CT molecular complexity index is 893. The number of aromatic nitrogens is 2. The summed E-state index contributed by atoms with van der Waals surface area (Å²) in [5.74, 6) is 0. The van der Waals surface area contributed by atoms with Crippen molar-refractivity contribution in [1.29, 1.82) is 0 Å². The second kappa shape index (κ2) is 6.44. The zero-order valence-electron chi connectivity index (χ0n) is 16.4. The lowest BCUT2D eigenvalue weighted by atomic mass is 9.92. The first-order valence-electron chi connectivity index (χ1n) is 8.85. The molecule has 0 N–H and O–H groups in total. The Balaban J connectivity index is 2.32. The molecule has 0 amide bonds. The van der Waals surface area contributed by atoms with E-state index in [0.717, 1.165) is 0 Å². The van der Waals surface area contributed by atoms with Crippen molar-refractivity contribution in [2.24, 2.45) is 14.1 Å². The molecule has 2 heteroatoms. The molecule has 1 aromatic carbocycles. The van der Waals surface area contributed by atoms with Crippen molar-refractivity contribution in [1.82, 2.24) is 0 Å². The number of nitrogens with zero attached hydrogens (tertiary/aromatic N) is 2. The zero-order chi connectivity index (χ0) is 18.3. The highest BCUT2D eigenvalue weighted by Crippen LogP contribution is 2.32. The minimum Gasteiger partial charge on any atom is -0.201 e. The Labute approximate surface area is 151 Å². The van der Waals surface area contributed by atoms with E-state index >= 15 is 0 Å². The van der Waals surface area contributed by atoms with Crippen LogP contribution >= 0.6 is 0 Å². The molecule has 0 spiro atoms. The summed E-state index contributed by atoms with van der Waals surface area (Å²) in [7, 11) is 4.26. The molecule has 0 atom stereocenters. The summed E-state index contributed by atoms with van der Waals surface area (Å²) in [6, 6.07) is 11.0. The molecule has 25 heavy (non-hydrogen) atoms. The smallest absolute Gasteiger partial charge is 0.201 e. The quantitative estimate of drug-likeness (QED) is 0.621. The molecule has 0 aliphatic carbocycles. The number of rotatable bonds is 2. The van der Waals surface area contributed by atoms with E-state index < -0.39 is 0 Å². The number of aryl methyl sites for hydroxylation is 4. The number of pyridine rings is 2. The maximum absolute atomic E-state index is 2.24. The summed E-state index contributed by atoms with van der Waals surface area (Å²) in [6.45, 7) is 11.0. The molecule has 0 saturated heterocycles. The summed E-state index contributed by atoms with van der Waals surface area (Å²) in [4.78, 5) is 0. The van der Waals surface area contributed by atoms with Gasteiger partial charge >= 0.3 is 0 Å². The van der Waals surface area contributed by atoms with Gasteiger partial charge in [-0.05, 0) is 63.4 Å². The van der Waals surface area contributed by atoms with Gasteiger partial charge in [0.1, 0.15) is 14.1 Å². The van der Waals surface area contributed by atoms with E-state index in [1.54, 1.807) is 0 Å². The summed E-state index contributed by atoms with van der Waals surface area (Å²) in [5.41, 5.74) is 11.9. The van der Waals surface area contributed by atoms with Crippen LogP contribution in [0.4, 0.5) is 0 Å². The lowest BCUT2D eigenvalue weighted by Gasteiger charge is -2.13. The van der Waals surface area contributed by atoms with Gasteiger partial charge in [0.15, 0.2) is 12.4 Å². The molecule has 3 aromatic rings. The largest absolute Gasteiger partial charge is 0.215 e. The predicted molar refractivity (Wildman–Crippen MR) is 103 cm³/mol. The maximum Gasteiger partial charge on any atom is 0.215 e. The van der Waals surface area contributed by atoms with Gasteiger partial charge in [0, 0.05) is 23.3 Å². The van der Waals surface area contributed by atoms with Crippen molar-refractivity contribution in [3.8, 4) is 22.5 Å². The zero-order valence-corrected chi connectivity index (χ0v) is 16.4. The summed E-state index contributed by atoms with van der Waals surface area (Å²) in [6.07, 6.45) is 4.31.